The van der Waals surface area contributed by atoms with E-state index in [0.717, 1.165) is 16.0 Å². The molecule has 0 saturated heterocycles. The van der Waals surface area contributed by atoms with Gasteiger partial charge in [-0.15, -0.1) is 0 Å². The number of rotatable bonds is 7. The molecule has 3 aromatic rings. The molecule has 34 heavy (non-hydrogen) atoms. The van der Waals surface area contributed by atoms with Gasteiger partial charge in [0.05, 0.1) is 17.3 Å². The van der Waals surface area contributed by atoms with Crippen molar-refractivity contribution in [3.8, 4) is 0 Å². The molecule has 6 nitrogen and oxygen atoms in total. The number of anilines is 1. The molecular formula is C27H24FN3O3. The Bertz CT molecular complexity index is 1330. The zero-order valence-corrected chi connectivity index (χ0v) is 18.7. The van der Waals surface area contributed by atoms with Crippen molar-refractivity contribution in [2.75, 3.05) is 4.90 Å². The largest absolute Gasteiger partial charge is 0.278 e. The van der Waals surface area contributed by atoms with E-state index in [2.05, 4.69) is 10.2 Å². The monoisotopic (exact) mass is 457 g/mol. The molecule has 1 atom stereocenters. The minimum Gasteiger partial charge on any atom is -0.278 e. The summed E-state index contributed by atoms with van der Waals surface area (Å²) in [6.45, 7) is 1.85. The van der Waals surface area contributed by atoms with Gasteiger partial charge >= 0.3 is 0 Å². The maximum Gasteiger partial charge on any atom is 0.271 e. The number of hydrogen-bond acceptors (Lipinski definition) is 4. The van der Waals surface area contributed by atoms with Crippen molar-refractivity contribution < 1.29 is 14.0 Å². The Hall–Kier alpha value is -4.13. The highest BCUT2D eigenvalue weighted by molar-refractivity contribution is 6.09. The molecule has 7 heteroatoms. The molecular weight excluding hydrogens is 433 g/mol. The number of imide groups is 1. The molecule has 0 radical (unpaired) electrons. The van der Waals surface area contributed by atoms with Crippen LogP contribution >= 0.6 is 0 Å². The molecule has 4 rings (SSSR count). The predicted molar refractivity (Wildman–Crippen MR) is 129 cm³/mol. The van der Waals surface area contributed by atoms with Crippen molar-refractivity contribution in [2.24, 2.45) is 0 Å². The number of fused-ring (bicyclic) bond motifs is 1. The van der Waals surface area contributed by atoms with Crippen molar-refractivity contribution in [3.05, 3.63) is 111 Å². The second-order valence-corrected chi connectivity index (χ2v) is 8.03. The van der Waals surface area contributed by atoms with Crippen LogP contribution < -0.4 is 10.5 Å². The van der Waals surface area contributed by atoms with Crippen LogP contribution in [0.4, 0.5) is 10.1 Å². The third-order valence-electron chi connectivity index (χ3n) is 5.94. The van der Waals surface area contributed by atoms with Gasteiger partial charge in [0.15, 0.2) is 0 Å². The van der Waals surface area contributed by atoms with E-state index in [0.29, 0.717) is 42.5 Å². The molecule has 1 aliphatic carbocycles. The summed E-state index contributed by atoms with van der Waals surface area (Å²) < 4.78 is 14.8. The van der Waals surface area contributed by atoms with E-state index < -0.39 is 17.6 Å². The predicted octanol–water partition coefficient (Wildman–Crippen LogP) is 4.31. The van der Waals surface area contributed by atoms with Gasteiger partial charge in [0, 0.05) is 12.0 Å². The molecule has 0 spiro atoms. The topological polar surface area (TPSA) is 83.1 Å². The van der Waals surface area contributed by atoms with E-state index in [1.807, 2.05) is 49.4 Å². The normalized spacial score (nSPS) is 13.1. The van der Waals surface area contributed by atoms with Crippen LogP contribution in [0.15, 0.2) is 71.6 Å². The van der Waals surface area contributed by atoms with Gasteiger partial charge < -0.3 is 0 Å². The minimum atomic E-state index is -0.675. The third kappa shape index (κ3) is 4.64. The quantitative estimate of drug-likeness (QED) is 0.536. The number of nitrogens with zero attached hydrogens (tertiary/aromatic N) is 2. The van der Waals surface area contributed by atoms with Gasteiger partial charge in [0.2, 0.25) is 12.3 Å². The van der Waals surface area contributed by atoms with Crippen molar-refractivity contribution in [3.63, 3.8) is 0 Å². The fourth-order valence-electron chi connectivity index (χ4n) is 4.18. The van der Waals surface area contributed by atoms with Gasteiger partial charge in [-0.1, -0.05) is 61.5 Å². The van der Waals surface area contributed by atoms with Crippen molar-refractivity contribution in [1.82, 2.24) is 10.2 Å². The molecule has 0 bridgehead atoms. The van der Waals surface area contributed by atoms with Crippen molar-refractivity contribution >= 4 is 24.1 Å². The summed E-state index contributed by atoms with van der Waals surface area (Å²) in [5, 5.41) is 6.73. The van der Waals surface area contributed by atoms with Crippen LogP contribution in [0.2, 0.25) is 0 Å². The Morgan fingerprint density at radius 2 is 2.00 bits per heavy atom. The Balaban J connectivity index is 1.68. The SMILES string of the molecule is CCC(C(=O)N(C=O)c1cc(Cc2n[nH]c(=O)c3c2CC=CC=C3)ccc1F)c1ccccc1. The van der Waals surface area contributed by atoms with E-state index >= 15 is 0 Å². The van der Waals surface area contributed by atoms with E-state index in [1.54, 1.807) is 18.2 Å². The lowest BCUT2D eigenvalue weighted by molar-refractivity contribution is -0.123. The number of halogens is 1. The average Bonchev–Trinajstić information content (AvgIpc) is 3.11. The molecule has 1 N–H and O–H groups in total. The molecule has 1 heterocycles. The summed E-state index contributed by atoms with van der Waals surface area (Å²) in [5.74, 6) is -1.75. The van der Waals surface area contributed by atoms with Crippen LogP contribution in [0, 0.1) is 5.82 Å². The summed E-state index contributed by atoms with van der Waals surface area (Å²) in [7, 11) is 0. The first-order valence-corrected chi connectivity index (χ1v) is 11.1. The number of allylic oxidation sites excluding steroid dienone is 3. The number of nitrogens with one attached hydrogen (secondary N) is 1. The zero-order chi connectivity index (χ0) is 24.1. The van der Waals surface area contributed by atoms with Gasteiger partial charge in [0.1, 0.15) is 5.82 Å². The van der Waals surface area contributed by atoms with Crippen LogP contribution in [0.5, 0.6) is 0 Å². The molecule has 0 fully saturated rings. The fraction of sp³-hybridized carbons (Fsp3) is 0.185. The molecule has 0 aliphatic heterocycles. The summed E-state index contributed by atoms with van der Waals surface area (Å²) >= 11 is 0. The second kappa shape index (κ2) is 10.2. The maximum absolute atomic E-state index is 14.8. The van der Waals surface area contributed by atoms with E-state index in [1.165, 1.54) is 12.1 Å². The lowest BCUT2D eigenvalue weighted by Gasteiger charge is -2.23. The van der Waals surface area contributed by atoms with Crippen molar-refractivity contribution in [2.45, 2.75) is 32.1 Å². The van der Waals surface area contributed by atoms with Gasteiger partial charge in [-0.2, -0.15) is 5.10 Å². The first-order valence-electron chi connectivity index (χ1n) is 11.1. The van der Waals surface area contributed by atoms with Gasteiger partial charge in [-0.3, -0.25) is 14.4 Å². The van der Waals surface area contributed by atoms with Crippen molar-refractivity contribution in [1.29, 1.82) is 0 Å². The van der Waals surface area contributed by atoms with Gasteiger partial charge in [-0.25, -0.2) is 14.4 Å². The lowest BCUT2D eigenvalue weighted by atomic mass is 9.94. The van der Waals surface area contributed by atoms with Crippen LogP contribution in [-0.4, -0.2) is 22.5 Å². The third-order valence-corrected chi connectivity index (χ3v) is 5.94. The number of benzene rings is 2. The first-order chi connectivity index (χ1) is 16.5. The summed E-state index contributed by atoms with van der Waals surface area (Å²) in [6.07, 6.45) is 8.99. The minimum absolute atomic E-state index is 0.109. The highest BCUT2D eigenvalue weighted by Crippen LogP contribution is 2.28. The molecule has 2 aromatic carbocycles. The van der Waals surface area contributed by atoms with Gasteiger partial charge in [0.25, 0.3) is 5.56 Å². The smallest absolute Gasteiger partial charge is 0.271 e. The summed E-state index contributed by atoms with van der Waals surface area (Å²) in [5.41, 5.74) is 3.00. The highest BCUT2D eigenvalue weighted by atomic mass is 19.1. The first kappa shape index (κ1) is 23.0. The van der Waals surface area contributed by atoms with Crippen LogP contribution in [0.3, 0.4) is 0 Å². The fourth-order valence-corrected chi connectivity index (χ4v) is 4.18. The molecule has 172 valence electrons. The lowest BCUT2D eigenvalue weighted by Crippen LogP contribution is -2.34. The number of amides is 2. The zero-order valence-electron chi connectivity index (χ0n) is 18.7. The molecule has 0 saturated carbocycles. The van der Waals surface area contributed by atoms with Crippen LogP contribution in [0.1, 0.15) is 47.2 Å². The van der Waals surface area contributed by atoms with E-state index in [4.69, 9.17) is 0 Å². The number of carbonyl (C=O) groups is 2. The van der Waals surface area contributed by atoms with Crippen LogP contribution in [-0.2, 0) is 22.4 Å². The number of hydrogen-bond donors (Lipinski definition) is 1. The number of aromatic nitrogens is 2. The van der Waals surface area contributed by atoms with E-state index in [-0.39, 0.29) is 11.2 Å². The Kier molecular flexibility index (Phi) is 6.92. The average molecular weight is 458 g/mol. The number of aromatic amines is 1. The second-order valence-electron chi connectivity index (χ2n) is 8.03. The Labute approximate surface area is 196 Å². The molecule has 1 unspecified atom stereocenters. The Morgan fingerprint density at radius 1 is 1.21 bits per heavy atom. The summed E-state index contributed by atoms with van der Waals surface area (Å²) in [6, 6.07) is 13.4. The van der Waals surface area contributed by atoms with Gasteiger partial charge in [-0.05, 0) is 47.7 Å². The number of H-pyrrole nitrogens is 1. The van der Waals surface area contributed by atoms with E-state index in [9.17, 15) is 18.8 Å². The Morgan fingerprint density at radius 3 is 2.74 bits per heavy atom. The standard InChI is InChI=1S/C27H24FN3O3/c1-2-20(19-9-5-3-6-10-19)27(34)31(17-32)25-16-18(13-14-23(25)28)15-24-21-11-7-4-8-12-22(21)26(33)30-29-24/h3-10,12-14,16-17,20H,2,11,15H2,1H3,(H,30,33). The molecule has 1 aliphatic rings. The maximum atomic E-state index is 14.8. The molecule has 2 amide bonds. The van der Waals surface area contributed by atoms with Crippen LogP contribution in [0.25, 0.3) is 6.08 Å². The summed E-state index contributed by atoms with van der Waals surface area (Å²) in [4.78, 5) is 38.3. The molecule has 1 aromatic heterocycles. The number of carbonyl (C=O) groups excluding carboxylic acids is 2. The highest BCUT2D eigenvalue weighted by Gasteiger charge is 2.27.